The van der Waals surface area contributed by atoms with Crippen molar-refractivity contribution in [2.24, 2.45) is 10.2 Å². The van der Waals surface area contributed by atoms with Gasteiger partial charge in [-0.2, -0.15) is 0 Å². The monoisotopic (exact) mass is 391 g/mol. The van der Waals surface area contributed by atoms with Crippen molar-refractivity contribution < 1.29 is 24.6 Å². The first kappa shape index (κ1) is 19.6. The predicted molar refractivity (Wildman–Crippen MR) is 105 cm³/mol. The largest absolute Gasteiger partial charge is 0.508 e. The van der Waals surface area contributed by atoms with E-state index in [4.69, 9.17) is 4.84 Å². The number of carbonyl (C=O) groups excluding carboxylic acids is 2. The standard InChI is InChI=1S/C21H17N3O5/c25-18-11-15(12-19(26)13-18)21(28)23-22-16-6-8-17(9-7-16)24-29-20(27)10-14-4-2-1-3-5-14/h1-9,11-13,24-26H,10H2. The van der Waals surface area contributed by atoms with E-state index in [2.05, 4.69) is 15.7 Å². The van der Waals surface area contributed by atoms with Crippen molar-refractivity contribution in [2.45, 2.75) is 6.42 Å². The molecule has 3 N–H and O–H groups in total. The van der Waals surface area contributed by atoms with Crippen LogP contribution in [-0.4, -0.2) is 22.1 Å². The topological polar surface area (TPSA) is 121 Å². The first-order valence-electron chi connectivity index (χ1n) is 8.58. The van der Waals surface area contributed by atoms with Crippen molar-refractivity contribution in [1.29, 1.82) is 0 Å². The van der Waals surface area contributed by atoms with Gasteiger partial charge in [0.25, 0.3) is 5.91 Å². The molecule has 0 aromatic heterocycles. The number of phenolic OH excluding ortho intramolecular Hbond substituents is 2. The number of azo groups is 1. The summed E-state index contributed by atoms with van der Waals surface area (Å²) in [4.78, 5) is 28.8. The minimum absolute atomic E-state index is 0.00913. The van der Waals surface area contributed by atoms with Crippen molar-refractivity contribution in [3.63, 3.8) is 0 Å². The number of rotatable bonds is 6. The smallest absolute Gasteiger partial charge is 0.336 e. The zero-order valence-electron chi connectivity index (χ0n) is 15.1. The molecule has 0 heterocycles. The number of anilines is 1. The number of carbonyl (C=O) groups is 2. The van der Waals surface area contributed by atoms with Crippen LogP contribution in [-0.2, 0) is 16.1 Å². The Balaban J connectivity index is 1.53. The summed E-state index contributed by atoms with van der Waals surface area (Å²) >= 11 is 0. The van der Waals surface area contributed by atoms with E-state index in [0.717, 1.165) is 11.6 Å². The van der Waals surface area contributed by atoms with Gasteiger partial charge >= 0.3 is 5.97 Å². The Labute approximate surface area is 166 Å². The van der Waals surface area contributed by atoms with Crippen LogP contribution in [0.2, 0.25) is 0 Å². The quantitative estimate of drug-likeness (QED) is 0.429. The molecule has 0 aliphatic heterocycles. The predicted octanol–water partition coefficient (Wildman–Crippen LogP) is 4.13. The van der Waals surface area contributed by atoms with E-state index in [-0.39, 0.29) is 23.5 Å². The van der Waals surface area contributed by atoms with Gasteiger partial charge in [0.2, 0.25) is 0 Å². The van der Waals surface area contributed by atoms with Crippen LogP contribution in [0.4, 0.5) is 11.4 Å². The molecule has 0 radical (unpaired) electrons. The van der Waals surface area contributed by atoms with Crippen LogP contribution in [0.15, 0.2) is 83.0 Å². The fourth-order valence-corrected chi connectivity index (χ4v) is 2.39. The van der Waals surface area contributed by atoms with E-state index in [0.29, 0.717) is 11.4 Å². The lowest BCUT2D eigenvalue weighted by Gasteiger charge is -2.07. The number of phenols is 2. The molecule has 0 aliphatic carbocycles. The number of hydrogen-bond donors (Lipinski definition) is 3. The minimum Gasteiger partial charge on any atom is -0.508 e. The molecule has 0 spiro atoms. The highest BCUT2D eigenvalue weighted by Crippen LogP contribution is 2.22. The molecule has 0 atom stereocenters. The molecule has 0 unspecified atom stereocenters. The summed E-state index contributed by atoms with van der Waals surface area (Å²) in [6.45, 7) is 0. The van der Waals surface area contributed by atoms with Crippen LogP contribution < -0.4 is 5.48 Å². The molecule has 3 aromatic carbocycles. The molecule has 8 heteroatoms. The summed E-state index contributed by atoms with van der Waals surface area (Å²) in [5.74, 6) is -1.64. The summed E-state index contributed by atoms with van der Waals surface area (Å²) in [6, 6.07) is 19.0. The van der Waals surface area contributed by atoms with Crippen molar-refractivity contribution in [3.8, 4) is 11.5 Å². The minimum atomic E-state index is -0.715. The van der Waals surface area contributed by atoms with Crippen molar-refractivity contribution in [1.82, 2.24) is 0 Å². The molecule has 1 amide bonds. The molecule has 0 bridgehead atoms. The molecule has 3 rings (SSSR count). The number of nitrogens with one attached hydrogen (secondary N) is 1. The van der Waals surface area contributed by atoms with Gasteiger partial charge in [-0.1, -0.05) is 30.3 Å². The third-order valence-corrected chi connectivity index (χ3v) is 3.75. The third kappa shape index (κ3) is 5.90. The maximum Gasteiger partial charge on any atom is 0.336 e. The van der Waals surface area contributed by atoms with Gasteiger partial charge in [-0.05, 0) is 42.0 Å². The van der Waals surface area contributed by atoms with Gasteiger partial charge < -0.3 is 15.1 Å². The van der Waals surface area contributed by atoms with Crippen LogP contribution >= 0.6 is 0 Å². The second-order valence-corrected chi connectivity index (χ2v) is 6.03. The molecule has 0 fully saturated rings. The van der Waals surface area contributed by atoms with Crippen LogP contribution in [0.1, 0.15) is 15.9 Å². The van der Waals surface area contributed by atoms with E-state index in [1.165, 1.54) is 12.1 Å². The van der Waals surface area contributed by atoms with Gasteiger partial charge in [0.05, 0.1) is 23.4 Å². The van der Waals surface area contributed by atoms with Gasteiger partial charge in [0, 0.05) is 6.07 Å². The Hall–Kier alpha value is -4.20. The van der Waals surface area contributed by atoms with Crippen LogP contribution in [0.5, 0.6) is 11.5 Å². The van der Waals surface area contributed by atoms with Crippen molar-refractivity contribution >= 4 is 23.3 Å². The highest BCUT2D eigenvalue weighted by molar-refractivity contribution is 5.95. The zero-order chi connectivity index (χ0) is 20.6. The molecular weight excluding hydrogens is 374 g/mol. The molecule has 0 aliphatic rings. The Kier molecular flexibility index (Phi) is 6.16. The summed E-state index contributed by atoms with van der Waals surface area (Å²) in [6.07, 6.45) is 0.146. The third-order valence-electron chi connectivity index (χ3n) is 3.75. The number of benzene rings is 3. The second-order valence-electron chi connectivity index (χ2n) is 6.03. The molecule has 146 valence electrons. The molecule has 8 nitrogen and oxygen atoms in total. The molecule has 0 saturated carbocycles. The first-order chi connectivity index (χ1) is 14.0. The Morgan fingerprint density at radius 2 is 1.55 bits per heavy atom. The maximum absolute atomic E-state index is 12.0. The number of aromatic hydroxyl groups is 2. The van der Waals surface area contributed by atoms with Crippen molar-refractivity contribution in [3.05, 3.63) is 83.9 Å². The van der Waals surface area contributed by atoms with Gasteiger partial charge in [0.15, 0.2) is 0 Å². The first-order valence-corrected chi connectivity index (χ1v) is 8.58. The Morgan fingerprint density at radius 1 is 0.897 bits per heavy atom. The average Bonchev–Trinajstić information content (AvgIpc) is 2.71. The van der Waals surface area contributed by atoms with Crippen LogP contribution in [0.3, 0.4) is 0 Å². The fraction of sp³-hybridized carbons (Fsp3) is 0.0476. The fourth-order valence-electron chi connectivity index (χ4n) is 2.39. The highest BCUT2D eigenvalue weighted by atomic mass is 16.7. The Bertz CT molecular complexity index is 1010. The van der Waals surface area contributed by atoms with Crippen molar-refractivity contribution in [2.75, 3.05) is 5.48 Å². The number of nitrogens with zero attached hydrogens (tertiary/aromatic N) is 2. The van der Waals surface area contributed by atoms with E-state index in [9.17, 15) is 19.8 Å². The van der Waals surface area contributed by atoms with Gasteiger partial charge in [0.1, 0.15) is 11.5 Å². The molecule has 0 saturated heterocycles. The lowest BCUT2D eigenvalue weighted by atomic mass is 10.2. The highest BCUT2D eigenvalue weighted by Gasteiger charge is 2.08. The zero-order valence-corrected chi connectivity index (χ0v) is 15.1. The molecular formula is C21H17N3O5. The number of amides is 1. The Morgan fingerprint density at radius 3 is 2.21 bits per heavy atom. The summed E-state index contributed by atoms with van der Waals surface area (Å²) in [5.41, 5.74) is 4.32. The van der Waals surface area contributed by atoms with E-state index < -0.39 is 11.9 Å². The van der Waals surface area contributed by atoms with Crippen LogP contribution in [0.25, 0.3) is 0 Å². The SMILES string of the molecule is O=C(Cc1ccccc1)ONc1ccc(N=NC(=O)c2cc(O)cc(O)c2)cc1. The van der Waals surface area contributed by atoms with Gasteiger partial charge in [-0.25, -0.2) is 10.3 Å². The molecule has 29 heavy (non-hydrogen) atoms. The summed E-state index contributed by atoms with van der Waals surface area (Å²) in [5, 5.41) is 26.2. The average molecular weight is 391 g/mol. The maximum atomic E-state index is 12.0. The van der Waals surface area contributed by atoms with E-state index >= 15 is 0 Å². The summed E-state index contributed by atoms with van der Waals surface area (Å²) in [7, 11) is 0. The molecule has 3 aromatic rings. The van der Waals surface area contributed by atoms with Gasteiger partial charge in [-0.3, -0.25) is 4.79 Å². The van der Waals surface area contributed by atoms with Crippen LogP contribution in [0, 0.1) is 0 Å². The van der Waals surface area contributed by atoms with E-state index in [1.54, 1.807) is 24.3 Å². The number of hydrogen-bond acceptors (Lipinski definition) is 7. The lowest BCUT2D eigenvalue weighted by molar-refractivity contribution is -0.139. The van der Waals surface area contributed by atoms with E-state index in [1.807, 2.05) is 30.3 Å². The lowest BCUT2D eigenvalue weighted by Crippen LogP contribution is -2.12. The van der Waals surface area contributed by atoms with Gasteiger partial charge in [-0.15, -0.1) is 10.2 Å². The second kappa shape index (κ2) is 9.14. The normalized spacial score (nSPS) is 10.6. The summed E-state index contributed by atoms with van der Waals surface area (Å²) < 4.78 is 0.